The van der Waals surface area contributed by atoms with Crippen molar-refractivity contribution in [1.29, 1.82) is 0 Å². The minimum atomic E-state index is 0.578. The van der Waals surface area contributed by atoms with Gasteiger partial charge in [0.15, 0.2) is 11.5 Å². The average molecular weight is 314 g/mol. The summed E-state index contributed by atoms with van der Waals surface area (Å²) in [5.41, 5.74) is 4.56. The number of hydrogen-bond donors (Lipinski definition) is 0. The Kier molecular flexibility index (Phi) is 5.21. The molecular weight excluding hydrogens is 292 g/mol. The van der Waals surface area contributed by atoms with Gasteiger partial charge in [-0.3, -0.25) is 4.98 Å². The third-order valence-corrected chi connectivity index (χ3v) is 3.64. The molecular formula is C18H22N2O3. The van der Waals surface area contributed by atoms with Crippen LogP contribution in [0.5, 0.6) is 17.2 Å². The van der Waals surface area contributed by atoms with E-state index in [-0.39, 0.29) is 0 Å². The lowest BCUT2D eigenvalue weighted by molar-refractivity contribution is 0.324. The van der Waals surface area contributed by atoms with Crippen molar-refractivity contribution < 1.29 is 14.2 Å². The quantitative estimate of drug-likeness (QED) is 0.844. The molecule has 1 aromatic carbocycles. The fourth-order valence-electron chi connectivity index (χ4n) is 2.26. The number of aryl methyl sites for hydroxylation is 3. The Morgan fingerprint density at radius 2 is 1.30 bits per heavy atom. The SMILES string of the molecule is COc1cc(C=Cc2nc(C)c(C)nc2C)cc(OC)c1OC. The lowest BCUT2D eigenvalue weighted by Gasteiger charge is -2.12. The molecule has 0 spiro atoms. The van der Waals surface area contributed by atoms with Crippen molar-refractivity contribution in [3.63, 3.8) is 0 Å². The number of benzene rings is 1. The molecule has 0 saturated heterocycles. The van der Waals surface area contributed by atoms with Gasteiger partial charge in [0.05, 0.1) is 44.1 Å². The van der Waals surface area contributed by atoms with E-state index in [2.05, 4.69) is 9.97 Å². The van der Waals surface area contributed by atoms with Crippen molar-refractivity contribution in [1.82, 2.24) is 9.97 Å². The van der Waals surface area contributed by atoms with Crippen LogP contribution in [0, 0.1) is 20.8 Å². The molecule has 0 unspecified atom stereocenters. The molecule has 0 N–H and O–H groups in total. The summed E-state index contributed by atoms with van der Waals surface area (Å²) in [5.74, 6) is 1.82. The van der Waals surface area contributed by atoms with Crippen LogP contribution in [0.2, 0.25) is 0 Å². The summed E-state index contributed by atoms with van der Waals surface area (Å²) < 4.78 is 16.1. The first-order valence-electron chi connectivity index (χ1n) is 7.30. The highest BCUT2D eigenvalue weighted by atomic mass is 16.5. The molecule has 0 aliphatic heterocycles. The van der Waals surface area contributed by atoms with Gasteiger partial charge in [0.25, 0.3) is 0 Å². The van der Waals surface area contributed by atoms with Crippen LogP contribution < -0.4 is 14.2 Å². The number of methoxy groups -OCH3 is 3. The Balaban J connectivity index is 2.42. The topological polar surface area (TPSA) is 53.5 Å². The van der Waals surface area contributed by atoms with Gasteiger partial charge in [-0.05, 0) is 44.5 Å². The smallest absolute Gasteiger partial charge is 0.203 e. The van der Waals surface area contributed by atoms with Crippen LogP contribution in [0.1, 0.15) is 28.3 Å². The van der Waals surface area contributed by atoms with Crippen LogP contribution >= 0.6 is 0 Å². The summed E-state index contributed by atoms with van der Waals surface area (Å²) in [5, 5.41) is 0. The molecule has 2 aromatic rings. The van der Waals surface area contributed by atoms with E-state index < -0.39 is 0 Å². The Morgan fingerprint density at radius 3 is 1.83 bits per heavy atom. The predicted octanol–water partition coefficient (Wildman–Crippen LogP) is 3.60. The highest BCUT2D eigenvalue weighted by Crippen LogP contribution is 2.38. The molecule has 5 heteroatoms. The summed E-state index contributed by atoms with van der Waals surface area (Å²) in [6.45, 7) is 5.87. The largest absolute Gasteiger partial charge is 0.493 e. The minimum absolute atomic E-state index is 0.578. The van der Waals surface area contributed by atoms with E-state index in [0.29, 0.717) is 17.2 Å². The van der Waals surface area contributed by atoms with E-state index >= 15 is 0 Å². The molecule has 5 nitrogen and oxygen atoms in total. The maximum absolute atomic E-state index is 5.36. The van der Waals surface area contributed by atoms with Crippen molar-refractivity contribution in [3.8, 4) is 17.2 Å². The van der Waals surface area contributed by atoms with Gasteiger partial charge < -0.3 is 14.2 Å². The van der Waals surface area contributed by atoms with Crippen molar-refractivity contribution in [3.05, 3.63) is 40.5 Å². The first-order chi connectivity index (χ1) is 11.0. The van der Waals surface area contributed by atoms with E-state index in [1.807, 2.05) is 45.1 Å². The lowest BCUT2D eigenvalue weighted by atomic mass is 10.1. The molecule has 0 bridgehead atoms. The van der Waals surface area contributed by atoms with Crippen LogP contribution in [-0.2, 0) is 0 Å². The van der Waals surface area contributed by atoms with E-state index in [0.717, 1.165) is 28.3 Å². The summed E-state index contributed by atoms with van der Waals surface area (Å²) in [4.78, 5) is 9.07. The van der Waals surface area contributed by atoms with Crippen molar-refractivity contribution in [2.75, 3.05) is 21.3 Å². The zero-order valence-corrected chi connectivity index (χ0v) is 14.4. The second kappa shape index (κ2) is 7.13. The van der Waals surface area contributed by atoms with E-state index in [4.69, 9.17) is 14.2 Å². The number of hydrogen-bond acceptors (Lipinski definition) is 5. The summed E-state index contributed by atoms with van der Waals surface area (Å²) in [6.07, 6.45) is 3.89. The lowest BCUT2D eigenvalue weighted by Crippen LogP contribution is -1.98. The third kappa shape index (κ3) is 3.62. The monoisotopic (exact) mass is 314 g/mol. The van der Waals surface area contributed by atoms with Gasteiger partial charge in [-0.15, -0.1) is 0 Å². The second-order valence-corrected chi connectivity index (χ2v) is 5.16. The Bertz CT molecular complexity index is 714. The summed E-state index contributed by atoms with van der Waals surface area (Å²) in [6, 6.07) is 3.78. The average Bonchev–Trinajstić information content (AvgIpc) is 2.55. The Labute approximate surface area is 136 Å². The molecule has 0 saturated carbocycles. The van der Waals surface area contributed by atoms with Gasteiger partial charge in [0, 0.05) is 0 Å². The van der Waals surface area contributed by atoms with E-state index in [9.17, 15) is 0 Å². The van der Waals surface area contributed by atoms with Crippen molar-refractivity contribution in [2.45, 2.75) is 20.8 Å². The zero-order valence-electron chi connectivity index (χ0n) is 14.4. The normalized spacial score (nSPS) is 10.9. The van der Waals surface area contributed by atoms with Crippen LogP contribution in [0.4, 0.5) is 0 Å². The first kappa shape index (κ1) is 16.8. The zero-order chi connectivity index (χ0) is 17.0. The third-order valence-electron chi connectivity index (χ3n) is 3.64. The van der Waals surface area contributed by atoms with Crippen LogP contribution in [0.25, 0.3) is 12.2 Å². The molecule has 122 valence electrons. The van der Waals surface area contributed by atoms with E-state index in [1.54, 1.807) is 21.3 Å². The summed E-state index contributed by atoms with van der Waals surface area (Å²) >= 11 is 0. The van der Waals surface area contributed by atoms with Gasteiger partial charge >= 0.3 is 0 Å². The van der Waals surface area contributed by atoms with E-state index in [1.165, 1.54) is 0 Å². The Hall–Kier alpha value is -2.56. The molecule has 2 rings (SSSR count). The molecule has 23 heavy (non-hydrogen) atoms. The highest BCUT2D eigenvalue weighted by molar-refractivity contribution is 5.72. The van der Waals surface area contributed by atoms with Crippen molar-refractivity contribution >= 4 is 12.2 Å². The number of rotatable bonds is 5. The summed E-state index contributed by atoms with van der Waals surface area (Å²) in [7, 11) is 4.79. The molecule has 1 heterocycles. The minimum Gasteiger partial charge on any atom is -0.493 e. The highest BCUT2D eigenvalue weighted by Gasteiger charge is 2.12. The van der Waals surface area contributed by atoms with Crippen molar-refractivity contribution in [2.24, 2.45) is 0 Å². The standard InChI is InChI=1S/C18H22N2O3/c1-11-12(2)20-15(13(3)19-11)8-7-14-9-16(21-4)18(23-6)17(10-14)22-5/h7-10H,1-6H3. The second-order valence-electron chi connectivity index (χ2n) is 5.16. The number of ether oxygens (including phenoxy) is 3. The van der Waals surface area contributed by atoms with Crippen LogP contribution in [0.15, 0.2) is 12.1 Å². The maximum Gasteiger partial charge on any atom is 0.203 e. The maximum atomic E-state index is 5.36. The van der Waals surface area contributed by atoms with Gasteiger partial charge in [-0.2, -0.15) is 0 Å². The number of nitrogens with zero attached hydrogens (tertiary/aromatic N) is 2. The van der Waals surface area contributed by atoms with Crippen LogP contribution in [0.3, 0.4) is 0 Å². The molecule has 0 amide bonds. The molecule has 0 fully saturated rings. The number of aromatic nitrogens is 2. The first-order valence-corrected chi connectivity index (χ1v) is 7.30. The van der Waals surface area contributed by atoms with Gasteiger partial charge in [-0.1, -0.05) is 6.08 Å². The van der Waals surface area contributed by atoms with Gasteiger partial charge in [0.2, 0.25) is 5.75 Å². The van der Waals surface area contributed by atoms with Gasteiger partial charge in [0.1, 0.15) is 0 Å². The molecule has 0 aliphatic carbocycles. The van der Waals surface area contributed by atoms with Crippen LogP contribution in [-0.4, -0.2) is 31.3 Å². The molecule has 0 radical (unpaired) electrons. The fourth-order valence-corrected chi connectivity index (χ4v) is 2.26. The Morgan fingerprint density at radius 1 is 0.739 bits per heavy atom. The molecule has 1 aromatic heterocycles. The molecule has 0 aliphatic rings. The molecule has 0 atom stereocenters. The fraction of sp³-hybridized carbons (Fsp3) is 0.333. The predicted molar refractivity (Wildman–Crippen MR) is 91.3 cm³/mol. The van der Waals surface area contributed by atoms with Gasteiger partial charge in [-0.25, -0.2) is 4.98 Å².